The summed E-state index contributed by atoms with van der Waals surface area (Å²) in [7, 11) is 3.29. The van der Waals surface area contributed by atoms with Gasteiger partial charge >= 0.3 is 0 Å². The number of anilines is 3. The summed E-state index contributed by atoms with van der Waals surface area (Å²) in [6.45, 7) is 6.98. The van der Waals surface area contributed by atoms with Crippen molar-refractivity contribution in [3.8, 4) is 17.2 Å². The number of hydrogen-bond acceptors (Lipinski definition) is 8. The SMILES string of the molecule is CCN1CCN(c2nc(Nc3cc(OC)ccc3OC)c3cnn(-c4ccccc4)c3n2)CC1. The Morgan fingerprint density at radius 3 is 2.44 bits per heavy atom. The lowest BCUT2D eigenvalue weighted by atomic mass is 10.2. The molecule has 0 aliphatic carbocycles. The normalized spacial score (nSPS) is 14.4. The maximum absolute atomic E-state index is 5.58. The van der Waals surface area contributed by atoms with Crippen LogP contribution in [0, 0.1) is 0 Å². The number of nitrogens with one attached hydrogen (secondary N) is 1. The summed E-state index contributed by atoms with van der Waals surface area (Å²) < 4.78 is 12.9. The van der Waals surface area contributed by atoms with Gasteiger partial charge in [0, 0.05) is 32.2 Å². The van der Waals surface area contributed by atoms with E-state index in [9.17, 15) is 0 Å². The summed E-state index contributed by atoms with van der Waals surface area (Å²) in [5.74, 6) is 2.78. The van der Waals surface area contributed by atoms with Gasteiger partial charge < -0.3 is 24.6 Å². The van der Waals surface area contributed by atoms with E-state index in [1.165, 1.54) is 0 Å². The van der Waals surface area contributed by atoms with Crippen LogP contribution in [0.1, 0.15) is 6.92 Å². The Balaban J connectivity index is 1.61. The smallest absolute Gasteiger partial charge is 0.229 e. The van der Waals surface area contributed by atoms with Gasteiger partial charge in [0.05, 0.1) is 37.2 Å². The summed E-state index contributed by atoms with van der Waals surface area (Å²) in [5.41, 5.74) is 2.46. The molecule has 0 unspecified atom stereocenters. The first kappa shape index (κ1) is 22.0. The molecule has 9 nitrogen and oxygen atoms in total. The van der Waals surface area contributed by atoms with E-state index in [2.05, 4.69) is 27.1 Å². The Kier molecular flexibility index (Phi) is 6.18. The molecule has 1 fully saturated rings. The van der Waals surface area contributed by atoms with Crippen molar-refractivity contribution in [1.29, 1.82) is 0 Å². The second kappa shape index (κ2) is 9.56. The van der Waals surface area contributed by atoms with Crippen LogP contribution in [0.25, 0.3) is 16.7 Å². The van der Waals surface area contributed by atoms with Crippen LogP contribution in [-0.4, -0.2) is 71.6 Å². The first-order chi connectivity index (χ1) is 16.7. The lowest BCUT2D eigenvalue weighted by Crippen LogP contribution is -2.46. The first-order valence-electron chi connectivity index (χ1n) is 11.5. The number of fused-ring (bicyclic) bond motifs is 1. The molecule has 2 aromatic heterocycles. The molecular formula is C25H29N7O2. The summed E-state index contributed by atoms with van der Waals surface area (Å²) in [5, 5.41) is 8.93. The minimum atomic E-state index is 0.673. The van der Waals surface area contributed by atoms with Crippen LogP contribution < -0.4 is 19.7 Å². The van der Waals surface area contributed by atoms with Crippen molar-refractivity contribution in [1.82, 2.24) is 24.6 Å². The van der Waals surface area contributed by atoms with E-state index in [-0.39, 0.29) is 0 Å². The molecule has 0 radical (unpaired) electrons. The summed E-state index contributed by atoms with van der Waals surface area (Å²) in [6.07, 6.45) is 1.80. The molecule has 1 aliphatic heterocycles. The first-order valence-corrected chi connectivity index (χ1v) is 11.5. The Hall–Kier alpha value is -3.85. The van der Waals surface area contributed by atoms with E-state index in [0.29, 0.717) is 17.5 Å². The lowest BCUT2D eigenvalue weighted by Gasteiger charge is -2.34. The second-order valence-corrected chi connectivity index (χ2v) is 8.11. The van der Waals surface area contributed by atoms with Gasteiger partial charge in [-0.15, -0.1) is 0 Å². The van der Waals surface area contributed by atoms with Gasteiger partial charge in [0.25, 0.3) is 0 Å². The zero-order chi connectivity index (χ0) is 23.5. The van der Waals surface area contributed by atoms with Crippen molar-refractivity contribution in [2.45, 2.75) is 6.92 Å². The minimum absolute atomic E-state index is 0.673. The highest BCUT2D eigenvalue weighted by Crippen LogP contribution is 2.34. The van der Waals surface area contributed by atoms with E-state index in [4.69, 9.17) is 19.4 Å². The van der Waals surface area contributed by atoms with Crippen molar-refractivity contribution in [3.05, 3.63) is 54.7 Å². The summed E-state index contributed by atoms with van der Waals surface area (Å²) in [6, 6.07) is 15.7. The van der Waals surface area contributed by atoms with Crippen molar-refractivity contribution in [3.63, 3.8) is 0 Å². The molecule has 34 heavy (non-hydrogen) atoms. The van der Waals surface area contributed by atoms with E-state index in [1.807, 2.05) is 53.2 Å². The predicted octanol–water partition coefficient (Wildman–Crippen LogP) is 3.72. The maximum Gasteiger partial charge on any atom is 0.229 e. The molecule has 0 amide bonds. The number of aromatic nitrogens is 4. The van der Waals surface area contributed by atoms with Crippen molar-refractivity contribution in [2.24, 2.45) is 0 Å². The van der Waals surface area contributed by atoms with Gasteiger partial charge in [-0.2, -0.15) is 15.1 Å². The lowest BCUT2D eigenvalue weighted by molar-refractivity contribution is 0.270. The fraction of sp³-hybridized carbons (Fsp3) is 0.320. The average molecular weight is 460 g/mol. The standard InChI is InChI=1S/C25H29N7O2/c1-4-30-12-14-31(15-13-30)25-28-23(27-21-16-19(33-2)10-11-22(21)34-3)20-17-26-32(24(20)29-25)18-8-6-5-7-9-18/h5-11,16-17H,4,12-15H2,1-3H3,(H,27,28,29). The number of benzene rings is 2. The third kappa shape index (κ3) is 4.22. The molecule has 1 aliphatic rings. The van der Waals surface area contributed by atoms with Gasteiger partial charge in [0.1, 0.15) is 17.3 Å². The Morgan fingerprint density at radius 2 is 1.74 bits per heavy atom. The number of nitrogens with zero attached hydrogens (tertiary/aromatic N) is 6. The van der Waals surface area contributed by atoms with E-state index in [0.717, 1.165) is 60.9 Å². The highest BCUT2D eigenvalue weighted by molar-refractivity contribution is 5.91. The third-order valence-electron chi connectivity index (χ3n) is 6.18. The van der Waals surface area contributed by atoms with Crippen LogP contribution in [0.3, 0.4) is 0 Å². The molecule has 0 spiro atoms. The van der Waals surface area contributed by atoms with Gasteiger partial charge in [-0.1, -0.05) is 25.1 Å². The highest BCUT2D eigenvalue weighted by Gasteiger charge is 2.22. The molecular weight excluding hydrogens is 430 g/mol. The average Bonchev–Trinajstić information content (AvgIpc) is 3.33. The zero-order valence-electron chi connectivity index (χ0n) is 19.7. The van der Waals surface area contributed by atoms with Gasteiger partial charge in [-0.25, -0.2) is 4.68 Å². The zero-order valence-corrected chi connectivity index (χ0v) is 19.7. The molecule has 176 valence electrons. The van der Waals surface area contributed by atoms with Crippen LogP contribution in [0.4, 0.5) is 17.5 Å². The molecule has 1 N–H and O–H groups in total. The molecule has 1 saturated heterocycles. The molecule has 0 bridgehead atoms. The summed E-state index contributed by atoms with van der Waals surface area (Å²) >= 11 is 0. The highest BCUT2D eigenvalue weighted by atomic mass is 16.5. The minimum Gasteiger partial charge on any atom is -0.497 e. The molecule has 0 atom stereocenters. The van der Waals surface area contributed by atoms with Gasteiger partial charge in [-0.05, 0) is 30.8 Å². The molecule has 0 saturated carbocycles. The number of ether oxygens (including phenoxy) is 2. The van der Waals surface area contributed by atoms with Crippen LogP contribution in [0.15, 0.2) is 54.7 Å². The van der Waals surface area contributed by atoms with Crippen molar-refractivity contribution in [2.75, 3.05) is 57.2 Å². The van der Waals surface area contributed by atoms with Crippen LogP contribution in [0.2, 0.25) is 0 Å². The maximum atomic E-state index is 5.58. The van der Waals surface area contributed by atoms with Gasteiger partial charge in [-0.3, -0.25) is 0 Å². The Bertz CT molecular complexity index is 1270. The number of piperazine rings is 1. The van der Waals surface area contributed by atoms with Crippen molar-refractivity contribution < 1.29 is 9.47 Å². The third-order valence-corrected chi connectivity index (χ3v) is 6.18. The molecule has 2 aromatic carbocycles. The molecule has 5 rings (SSSR count). The fourth-order valence-corrected chi connectivity index (χ4v) is 4.19. The quantitative estimate of drug-likeness (QED) is 0.448. The number of likely N-dealkylation sites (N-methyl/N-ethyl adjacent to an activating group) is 1. The number of para-hydroxylation sites is 1. The molecule has 4 aromatic rings. The van der Waals surface area contributed by atoms with Crippen LogP contribution in [0.5, 0.6) is 11.5 Å². The monoisotopic (exact) mass is 459 g/mol. The number of hydrogen-bond donors (Lipinski definition) is 1. The predicted molar refractivity (Wildman–Crippen MR) is 134 cm³/mol. The number of methoxy groups -OCH3 is 2. The molecule has 3 heterocycles. The Morgan fingerprint density at radius 1 is 0.941 bits per heavy atom. The fourth-order valence-electron chi connectivity index (χ4n) is 4.19. The Labute approximate surface area is 198 Å². The second-order valence-electron chi connectivity index (χ2n) is 8.11. The largest absolute Gasteiger partial charge is 0.497 e. The van der Waals surface area contributed by atoms with E-state index in [1.54, 1.807) is 20.4 Å². The van der Waals surface area contributed by atoms with Crippen LogP contribution >= 0.6 is 0 Å². The topological polar surface area (TPSA) is 80.6 Å². The van der Waals surface area contributed by atoms with Crippen molar-refractivity contribution >= 4 is 28.5 Å². The van der Waals surface area contributed by atoms with Crippen LogP contribution in [-0.2, 0) is 0 Å². The molecule has 9 heteroatoms. The van der Waals surface area contributed by atoms with E-state index < -0.39 is 0 Å². The van der Waals surface area contributed by atoms with Gasteiger partial charge in [0.15, 0.2) is 5.65 Å². The number of rotatable bonds is 7. The summed E-state index contributed by atoms with van der Waals surface area (Å²) in [4.78, 5) is 14.6. The van der Waals surface area contributed by atoms with Gasteiger partial charge in [0.2, 0.25) is 5.95 Å². The van der Waals surface area contributed by atoms with E-state index >= 15 is 0 Å².